The number of nitrogens with one attached hydrogen (secondary N) is 1. The second kappa shape index (κ2) is 7.46. The van der Waals surface area contributed by atoms with E-state index in [1.807, 2.05) is 6.07 Å². The largest absolute Gasteiger partial charge is 0.301 e. The summed E-state index contributed by atoms with van der Waals surface area (Å²) in [6, 6.07) is 10.8. The summed E-state index contributed by atoms with van der Waals surface area (Å²) in [5, 5.41) is 0. The van der Waals surface area contributed by atoms with Crippen LogP contribution in [0.3, 0.4) is 0 Å². The lowest BCUT2D eigenvalue weighted by atomic mass is 9.98. The molecular formula is C15H25NO. The van der Waals surface area contributed by atoms with E-state index in [9.17, 15) is 0 Å². The first-order valence-corrected chi connectivity index (χ1v) is 6.51. The summed E-state index contributed by atoms with van der Waals surface area (Å²) in [5.74, 6) is 1.20. The molecule has 0 saturated carbocycles. The summed E-state index contributed by atoms with van der Waals surface area (Å²) < 4.78 is 0. The van der Waals surface area contributed by atoms with Gasteiger partial charge in [0.2, 0.25) is 0 Å². The van der Waals surface area contributed by atoms with Gasteiger partial charge < -0.3 is 4.84 Å². The van der Waals surface area contributed by atoms with Crippen LogP contribution in [-0.4, -0.2) is 6.61 Å². The monoisotopic (exact) mass is 235 g/mol. The van der Waals surface area contributed by atoms with Crippen LogP contribution in [0, 0.1) is 11.8 Å². The fraction of sp³-hybridized carbons (Fsp3) is 0.600. The molecule has 0 aromatic heterocycles. The standard InChI is InChI=1S/C15H25NO/c1-12(2)10-15(16-17-11-13(3)4)14-8-6-5-7-9-14/h5-9,12-13,15-16H,10-11H2,1-4H3. The van der Waals surface area contributed by atoms with Crippen molar-refractivity contribution in [1.29, 1.82) is 0 Å². The summed E-state index contributed by atoms with van der Waals surface area (Å²) in [6.07, 6.45) is 1.09. The molecule has 0 saturated heterocycles. The first-order valence-electron chi connectivity index (χ1n) is 6.51. The Morgan fingerprint density at radius 3 is 2.18 bits per heavy atom. The van der Waals surface area contributed by atoms with Gasteiger partial charge in [-0.05, 0) is 23.8 Å². The second-order valence-corrected chi connectivity index (χ2v) is 5.42. The van der Waals surface area contributed by atoms with Crippen LogP contribution in [0.2, 0.25) is 0 Å². The Balaban J connectivity index is 2.55. The molecule has 2 heteroatoms. The summed E-state index contributed by atoms with van der Waals surface area (Å²) in [4.78, 5) is 5.56. The van der Waals surface area contributed by atoms with Gasteiger partial charge in [0, 0.05) is 0 Å². The molecule has 0 amide bonds. The Kier molecular flexibility index (Phi) is 6.23. The van der Waals surface area contributed by atoms with Crippen molar-refractivity contribution in [3.05, 3.63) is 35.9 Å². The Labute approximate surface area is 105 Å². The maximum Gasteiger partial charge on any atom is 0.0705 e. The molecule has 1 atom stereocenters. The average Bonchev–Trinajstić information content (AvgIpc) is 2.28. The number of rotatable bonds is 7. The van der Waals surface area contributed by atoms with Gasteiger partial charge in [-0.25, -0.2) is 0 Å². The third kappa shape index (κ3) is 5.85. The number of hydrogen-bond donors (Lipinski definition) is 1. The molecule has 0 spiro atoms. The minimum Gasteiger partial charge on any atom is -0.301 e. The SMILES string of the molecule is CC(C)CONC(CC(C)C)c1ccccc1. The molecule has 0 fully saturated rings. The Morgan fingerprint density at radius 2 is 1.65 bits per heavy atom. The zero-order chi connectivity index (χ0) is 12.7. The third-order valence-corrected chi connectivity index (χ3v) is 2.55. The lowest BCUT2D eigenvalue weighted by Crippen LogP contribution is -2.25. The quantitative estimate of drug-likeness (QED) is 0.722. The van der Waals surface area contributed by atoms with E-state index < -0.39 is 0 Å². The summed E-state index contributed by atoms with van der Waals surface area (Å²) in [7, 11) is 0. The van der Waals surface area contributed by atoms with Gasteiger partial charge in [-0.3, -0.25) is 0 Å². The molecule has 0 aliphatic rings. The van der Waals surface area contributed by atoms with E-state index in [0.717, 1.165) is 13.0 Å². The van der Waals surface area contributed by atoms with E-state index in [1.165, 1.54) is 5.56 Å². The minimum atomic E-state index is 0.287. The molecule has 0 bridgehead atoms. The van der Waals surface area contributed by atoms with Crippen molar-refractivity contribution in [3.8, 4) is 0 Å². The lowest BCUT2D eigenvalue weighted by Gasteiger charge is -2.21. The van der Waals surface area contributed by atoms with Crippen LogP contribution in [-0.2, 0) is 4.84 Å². The summed E-state index contributed by atoms with van der Waals surface area (Å²) in [6.45, 7) is 9.53. The highest BCUT2D eigenvalue weighted by Gasteiger charge is 2.13. The van der Waals surface area contributed by atoms with Crippen LogP contribution in [0.1, 0.15) is 45.7 Å². The van der Waals surface area contributed by atoms with E-state index >= 15 is 0 Å². The van der Waals surface area contributed by atoms with E-state index in [-0.39, 0.29) is 6.04 Å². The van der Waals surface area contributed by atoms with Crippen molar-refractivity contribution >= 4 is 0 Å². The van der Waals surface area contributed by atoms with Gasteiger partial charge in [0.15, 0.2) is 0 Å². The van der Waals surface area contributed by atoms with Crippen LogP contribution in [0.15, 0.2) is 30.3 Å². The van der Waals surface area contributed by atoms with Gasteiger partial charge in [-0.2, -0.15) is 5.48 Å². The van der Waals surface area contributed by atoms with E-state index in [4.69, 9.17) is 4.84 Å². The number of hydroxylamine groups is 1. The van der Waals surface area contributed by atoms with Crippen LogP contribution in [0.25, 0.3) is 0 Å². The van der Waals surface area contributed by atoms with E-state index in [2.05, 4.69) is 57.4 Å². The van der Waals surface area contributed by atoms with E-state index in [1.54, 1.807) is 0 Å². The van der Waals surface area contributed by atoms with Crippen molar-refractivity contribution in [2.75, 3.05) is 6.61 Å². The Morgan fingerprint density at radius 1 is 1.00 bits per heavy atom. The smallest absolute Gasteiger partial charge is 0.0705 e. The molecule has 1 unspecified atom stereocenters. The fourth-order valence-corrected chi connectivity index (χ4v) is 1.72. The molecule has 0 radical (unpaired) electrons. The second-order valence-electron chi connectivity index (χ2n) is 5.42. The normalized spacial score (nSPS) is 13.3. The van der Waals surface area contributed by atoms with Crippen molar-refractivity contribution in [2.45, 2.75) is 40.2 Å². The molecule has 0 heterocycles. The third-order valence-electron chi connectivity index (χ3n) is 2.55. The van der Waals surface area contributed by atoms with Crippen LogP contribution >= 0.6 is 0 Å². The maximum absolute atomic E-state index is 5.56. The molecule has 1 rings (SSSR count). The highest BCUT2D eigenvalue weighted by Crippen LogP contribution is 2.20. The minimum absolute atomic E-state index is 0.287. The summed E-state index contributed by atoms with van der Waals surface area (Å²) >= 11 is 0. The average molecular weight is 235 g/mol. The maximum atomic E-state index is 5.56. The van der Waals surface area contributed by atoms with Crippen LogP contribution in [0.5, 0.6) is 0 Å². The summed E-state index contributed by atoms with van der Waals surface area (Å²) in [5.41, 5.74) is 4.49. The van der Waals surface area contributed by atoms with Crippen molar-refractivity contribution in [2.24, 2.45) is 11.8 Å². The Bertz CT molecular complexity index is 295. The highest BCUT2D eigenvalue weighted by atomic mass is 16.6. The molecule has 17 heavy (non-hydrogen) atoms. The molecule has 0 aliphatic heterocycles. The lowest BCUT2D eigenvalue weighted by molar-refractivity contribution is -0.00407. The van der Waals surface area contributed by atoms with Crippen molar-refractivity contribution < 1.29 is 4.84 Å². The topological polar surface area (TPSA) is 21.3 Å². The van der Waals surface area contributed by atoms with Gasteiger partial charge >= 0.3 is 0 Å². The highest BCUT2D eigenvalue weighted by molar-refractivity contribution is 5.18. The zero-order valence-corrected chi connectivity index (χ0v) is 11.4. The predicted octanol–water partition coefficient (Wildman–Crippen LogP) is 3.95. The van der Waals surface area contributed by atoms with Gasteiger partial charge in [0.1, 0.15) is 0 Å². The first kappa shape index (κ1) is 14.2. The molecule has 2 nitrogen and oxygen atoms in total. The fourth-order valence-electron chi connectivity index (χ4n) is 1.72. The molecular weight excluding hydrogens is 210 g/mol. The molecule has 1 aromatic rings. The first-order chi connectivity index (χ1) is 8.09. The molecule has 0 aliphatic carbocycles. The predicted molar refractivity (Wildman–Crippen MR) is 72.6 cm³/mol. The van der Waals surface area contributed by atoms with Gasteiger partial charge in [-0.1, -0.05) is 58.0 Å². The number of hydrogen-bond acceptors (Lipinski definition) is 2. The van der Waals surface area contributed by atoms with Gasteiger partial charge in [0.05, 0.1) is 12.6 Å². The van der Waals surface area contributed by atoms with Crippen molar-refractivity contribution in [1.82, 2.24) is 5.48 Å². The molecule has 1 aromatic carbocycles. The number of benzene rings is 1. The van der Waals surface area contributed by atoms with Gasteiger partial charge in [0.25, 0.3) is 0 Å². The van der Waals surface area contributed by atoms with E-state index in [0.29, 0.717) is 11.8 Å². The van der Waals surface area contributed by atoms with Crippen LogP contribution < -0.4 is 5.48 Å². The molecule has 1 N–H and O–H groups in total. The van der Waals surface area contributed by atoms with Crippen LogP contribution in [0.4, 0.5) is 0 Å². The molecule has 96 valence electrons. The van der Waals surface area contributed by atoms with Gasteiger partial charge in [-0.15, -0.1) is 0 Å². The Hall–Kier alpha value is -0.860. The zero-order valence-electron chi connectivity index (χ0n) is 11.4. The van der Waals surface area contributed by atoms with Crippen molar-refractivity contribution in [3.63, 3.8) is 0 Å².